The Hall–Kier alpha value is -3.18. The highest BCUT2D eigenvalue weighted by Crippen LogP contribution is 2.35. The number of carbonyl (C=O) groups excluding carboxylic acids is 6. The molecule has 2 aliphatic rings. The molecule has 0 spiro atoms. The van der Waals surface area contributed by atoms with E-state index in [9.17, 15) is 28.8 Å². The van der Waals surface area contributed by atoms with Crippen LogP contribution in [0.4, 0.5) is 4.79 Å². The van der Waals surface area contributed by atoms with E-state index in [4.69, 9.17) is 5.73 Å². The van der Waals surface area contributed by atoms with E-state index in [1.165, 1.54) is 4.90 Å². The number of primary amides is 1. The van der Waals surface area contributed by atoms with Gasteiger partial charge in [0, 0.05) is 19.6 Å². The predicted octanol–water partition coefficient (Wildman–Crippen LogP) is 2.19. The number of nitrogens with two attached hydrogens (primary N) is 1. The Bertz CT molecular complexity index is 1100. The number of Topliss-reactive ketones (excluding diaryl/α,β-unsaturated/α-hetero) is 1. The second kappa shape index (κ2) is 14.3. The summed E-state index contributed by atoms with van der Waals surface area (Å²) in [6.45, 7) is 19.0. The van der Waals surface area contributed by atoms with Crippen LogP contribution in [0, 0.1) is 28.6 Å². The van der Waals surface area contributed by atoms with E-state index in [0.29, 0.717) is 12.8 Å². The van der Waals surface area contributed by atoms with Crippen LogP contribution < -0.4 is 21.7 Å². The number of hydrogen-bond donors (Lipinski definition) is 4. The first kappa shape index (κ1) is 37.0. The highest BCUT2D eigenvalue weighted by molar-refractivity contribution is 6.37. The maximum Gasteiger partial charge on any atom is 0.316 e. The van der Waals surface area contributed by atoms with Crippen molar-refractivity contribution < 1.29 is 28.8 Å². The molecule has 1 aliphatic heterocycles. The molecule has 0 bridgehead atoms. The number of rotatable bonds is 12. The van der Waals surface area contributed by atoms with Crippen LogP contribution in [0.1, 0.15) is 94.9 Å². The first-order chi connectivity index (χ1) is 20.1. The Morgan fingerprint density at radius 3 is 1.80 bits per heavy atom. The number of nitrogens with zero attached hydrogens (tertiary/aromatic N) is 2. The quantitative estimate of drug-likeness (QED) is 0.244. The molecule has 5 N–H and O–H groups in total. The van der Waals surface area contributed by atoms with Crippen LogP contribution in [-0.4, -0.2) is 89.0 Å². The number of hydrogen-bond acceptors (Lipinski definition) is 6. The van der Waals surface area contributed by atoms with Crippen LogP contribution >= 0.6 is 0 Å². The van der Waals surface area contributed by atoms with Crippen molar-refractivity contribution in [2.45, 2.75) is 125 Å². The van der Waals surface area contributed by atoms with Crippen LogP contribution in [0.15, 0.2) is 0 Å². The molecule has 5 atom stereocenters. The van der Waals surface area contributed by atoms with E-state index in [-0.39, 0.29) is 36.2 Å². The summed E-state index contributed by atoms with van der Waals surface area (Å²) >= 11 is 0. The van der Waals surface area contributed by atoms with Gasteiger partial charge >= 0.3 is 6.03 Å². The van der Waals surface area contributed by atoms with Crippen molar-refractivity contribution in [3.8, 4) is 0 Å². The highest BCUT2D eigenvalue weighted by Gasteiger charge is 2.48. The molecular formula is C32H56N6O6. The van der Waals surface area contributed by atoms with Crippen molar-refractivity contribution in [2.75, 3.05) is 13.6 Å². The number of likely N-dealkylation sites (N-methyl/N-ethyl adjacent to an activating group) is 1. The molecule has 1 aliphatic carbocycles. The maximum absolute atomic E-state index is 14.2. The topological polar surface area (TPSA) is 171 Å². The lowest BCUT2D eigenvalue weighted by atomic mass is 9.84. The van der Waals surface area contributed by atoms with Crippen molar-refractivity contribution in [1.82, 2.24) is 25.8 Å². The summed E-state index contributed by atoms with van der Waals surface area (Å²) in [6.07, 6.45) is 2.71. The Kier molecular flexibility index (Phi) is 12.0. The zero-order chi connectivity index (χ0) is 33.9. The lowest BCUT2D eigenvalue weighted by Crippen LogP contribution is -2.63. The minimum absolute atomic E-state index is 0.0399. The molecule has 44 heavy (non-hydrogen) atoms. The average Bonchev–Trinajstić information content (AvgIpc) is 3.59. The monoisotopic (exact) mass is 620 g/mol. The molecule has 2 fully saturated rings. The fourth-order valence-corrected chi connectivity index (χ4v) is 5.67. The van der Waals surface area contributed by atoms with E-state index in [1.807, 2.05) is 69.2 Å². The molecule has 12 nitrogen and oxygen atoms in total. The summed E-state index contributed by atoms with van der Waals surface area (Å²) in [5, 5.41) is 8.36. The van der Waals surface area contributed by atoms with E-state index in [1.54, 1.807) is 11.9 Å². The summed E-state index contributed by atoms with van der Waals surface area (Å²) < 4.78 is 0. The predicted molar refractivity (Wildman–Crippen MR) is 168 cm³/mol. The number of nitrogens with one attached hydrogen (secondary N) is 3. The Balaban J connectivity index is 2.35. The molecule has 0 aromatic heterocycles. The van der Waals surface area contributed by atoms with Gasteiger partial charge in [0.2, 0.25) is 23.5 Å². The van der Waals surface area contributed by atoms with Crippen molar-refractivity contribution >= 4 is 35.4 Å². The second-order valence-electron chi connectivity index (χ2n) is 15.4. The molecule has 12 heteroatoms. The van der Waals surface area contributed by atoms with Gasteiger partial charge in [-0.2, -0.15) is 0 Å². The van der Waals surface area contributed by atoms with Gasteiger partial charge in [-0.3, -0.25) is 24.0 Å². The molecule has 250 valence electrons. The van der Waals surface area contributed by atoms with E-state index < -0.39 is 64.5 Å². The fraction of sp³-hybridized carbons (Fsp3) is 0.812. The lowest BCUT2D eigenvalue weighted by molar-refractivity contribution is -0.144. The first-order valence-electron chi connectivity index (χ1n) is 15.9. The molecule has 0 aromatic carbocycles. The highest BCUT2D eigenvalue weighted by atomic mass is 16.2. The third-order valence-electron chi connectivity index (χ3n) is 8.89. The molecule has 1 unspecified atom stereocenters. The Morgan fingerprint density at radius 1 is 0.841 bits per heavy atom. The first-order valence-corrected chi connectivity index (χ1v) is 15.9. The maximum atomic E-state index is 14.2. The lowest BCUT2D eigenvalue weighted by Gasteiger charge is -2.38. The van der Waals surface area contributed by atoms with E-state index >= 15 is 0 Å². The van der Waals surface area contributed by atoms with Crippen LogP contribution in [0.2, 0.25) is 0 Å². The number of amides is 6. The number of carbonyl (C=O) groups is 6. The average molecular weight is 621 g/mol. The van der Waals surface area contributed by atoms with Crippen LogP contribution in [0.5, 0.6) is 0 Å². The normalized spacial score (nSPS) is 21.0. The summed E-state index contributed by atoms with van der Waals surface area (Å²) in [5.74, 6) is -3.07. The van der Waals surface area contributed by atoms with Gasteiger partial charge in [0.15, 0.2) is 0 Å². The molecule has 1 heterocycles. The third-order valence-corrected chi connectivity index (χ3v) is 8.89. The number of likely N-dealkylation sites (tertiary alicyclic amines) is 1. The number of ketones is 1. The van der Waals surface area contributed by atoms with Crippen molar-refractivity contribution in [3.63, 3.8) is 0 Å². The standard InChI is InChI=1S/C32H56N6O6/c1-17(2)20-14-15-38(22(20)27(41)34-21(16-19-12-13-19)23(39)26(33)40)29(43)25(32(8,9)10)36-30(44)35-24(31(5,6)7)28(42)37(11)18(3)4/h17-22,24-25H,12-16H2,1-11H3,(H2,33,40)(H,34,41)(H2,35,36,44)/t20-,21?,22+,24-,25-/m1/s1. The van der Waals surface area contributed by atoms with Crippen molar-refractivity contribution in [3.05, 3.63) is 0 Å². The molecular weight excluding hydrogens is 564 g/mol. The zero-order valence-corrected chi connectivity index (χ0v) is 28.6. The van der Waals surface area contributed by atoms with Crippen LogP contribution in [0.25, 0.3) is 0 Å². The summed E-state index contributed by atoms with van der Waals surface area (Å²) in [6, 6.07) is -4.57. The molecule has 1 saturated heterocycles. The minimum atomic E-state index is -1.11. The van der Waals surface area contributed by atoms with Gasteiger partial charge in [-0.25, -0.2) is 4.79 Å². The Morgan fingerprint density at radius 2 is 1.36 bits per heavy atom. The summed E-state index contributed by atoms with van der Waals surface area (Å²) in [4.78, 5) is 82.1. The largest absolute Gasteiger partial charge is 0.363 e. The van der Waals surface area contributed by atoms with Gasteiger partial charge in [0.05, 0.1) is 6.04 Å². The van der Waals surface area contributed by atoms with Crippen molar-refractivity contribution in [2.24, 2.45) is 34.3 Å². The molecule has 0 radical (unpaired) electrons. The molecule has 1 saturated carbocycles. The smallest absolute Gasteiger partial charge is 0.316 e. The fourth-order valence-electron chi connectivity index (χ4n) is 5.67. The van der Waals surface area contributed by atoms with Gasteiger partial charge < -0.3 is 31.5 Å². The van der Waals surface area contributed by atoms with E-state index in [2.05, 4.69) is 16.0 Å². The van der Waals surface area contributed by atoms with Gasteiger partial charge in [-0.15, -0.1) is 0 Å². The van der Waals surface area contributed by atoms with Crippen LogP contribution in [0.3, 0.4) is 0 Å². The van der Waals surface area contributed by atoms with Gasteiger partial charge in [0.25, 0.3) is 5.91 Å². The molecule has 2 rings (SSSR count). The van der Waals surface area contributed by atoms with Crippen molar-refractivity contribution in [1.29, 1.82) is 0 Å². The number of urea groups is 1. The minimum Gasteiger partial charge on any atom is -0.363 e. The van der Waals surface area contributed by atoms with E-state index in [0.717, 1.165) is 12.8 Å². The van der Waals surface area contributed by atoms with Gasteiger partial charge in [-0.05, 0) is 55.3 Å². The SMILES string of the molecule is CC(C)[C@H]1CCN(C(=O)[C@@H](NC(=O)N[C@H](C(=O)N(C)C(C)C)C(C)(C)C)C(C)(C)C)[C@@H]1C(=O)NC(CC1CC1)C(=O)C(N)=O. The summed E-state index contributed by atoms with van der Waals surface area (Å²) in [5.41, 5.74) is 3.92. The zero-order valence-electron chi connectivity index (χ0n) is 28.6. The Labute approximate surface area is 263 Å². The van der Waals surface area contributed by atoms with Crippen LogP contribution in [-0.2, 0) is 24.0 Å². The molecule has 6 amide bonds. The van der Waals surface area contributed by atoms with Gasteiger partial charge in [0.1, 0.15) is 18.1 Å². The summed E-state index contributed by atoms with van der Waals surface area (Å²) in [7, 11) is 1.68. The molecule has 0 aromatic rings. The third kappa shape index (κ3) is 9.41. The second-order valence-corrected chi connectivity index (χ2v) is 15.4. The van der Waals surface area contributed by atoms with Gasteiger partial charge in [-0.1, -0.05) is 68.2 Å².